The number of benzene rings is 3. The van der Waals surface area contributed by atoms with Crippen LogP contribution in [0.4, 0.5) is 5.13 Å². The molecule has 1 aliphatic rings. The number of rotatable bonds is 4. The summed E-state index contributed by atoms with van der Waals surface area (Å²) in [7, 11) is 1.42. The Hall–Kier alpha value is -4.17. The van der Waals surface area contributed by atoms with Crippen molar-refractivity contribution in [3.05, 3.63) is 88.0 Å². The van der Waals surface area contributed by atoms with Crippen molar-refractivity contribution in [3.8, 4) is 11.5 Å². The van der Waals surface area contributed by atoms with Crippen LogP contribution in [0.5, 0.6) is 11.5 Å². The Bertz CT molecular complexity index is 1570. The van der Waals surface area contributed by atoms with Gasteiger partial charge in [-0.1, -0.05) is 53.3 Å². The van der Waals surface area contributed by atoms with Crippen LogP contribution in [0.3, 0.4) is 0 Å². The summed E-state index contributed by atoms with van der Waals surface area (Å²) >= 11 is 1.31. The summed E-state index contributed by atoms with van der Waals surface area (Å²) in [5.41, 5.74) is 4.64. The highest BCUT2D eigenvalue weighted by Crippen LogP contribution is 2.46. The topological polar surface area (TPSA) is 100.0 Å². The van der Waals surface area contributed by atoms with Crippen molar-refractivity contribution >= 4 is 44.1 Å². The van der Waals surface area contributed by atoms with Gasteiger partial charge in [0.25, 0.3) is 5.78 Å². The predicted octanol–water partition coefficient (Wildman–Crippen LogP) is 5.56. The minimum Gasteiger partial charge on any atom is -0.507 e. The summed E-state index contributed by atoms with van der Waals surface area (Å²) in [6.45, 7) is 5.86. The molecule has 5 rings (SSSR count). The standard InChI is InChI=1S/C28H24N2O5S/c1-14-5-7-17(8-6-14)25(32)22-24(18-9-10-19(31)20(13-18)35-4)30(27(34)26(22)33)28-29-23-16(3)11-15(2)12-21(23)36-28/h5-13,24,31-32H,1-4H3/b25-22+. The van der Waals surface area contributed by atoms with Crippen LogP contribution in [0.2, 0.25) is 0 Å². The third kappa shape index (κ3) is 3.79. The first kappa shape index (κ1) is 23.6. The second-order valence-electron chi connectivity index (χ2n) is 8.89. The van der Waals surface area contributed by atoms with Crippen LogP contribution in [-0.4, -0.2) is 34.0 Å². The zero-order valence-electron chi connectivity index (χ0n) is 20.2. The average molecular weight is 501 g/mol. The van der Waals surface area contributed by atoms with Crippen molar-refractivity contribution in [1.82, 2.24) is 4.98 Å². The van der Waals surface area contributed by atoms with Crippen LogP contribution in [0.15, 0.2) is 60.2 Å². The molecule has 7 nitrogen and oxygen atoms in total. The van der Waals surface area contributed by atoms with E-state index in [9.17, 15) is 19.8 Å². The molecule has 4 aromatic rings. The minimum atomic E-state index is -0.970. The van der Waals surface area contributed by atoms with E-state index in [1.54, 1.807) is 24.3 Å². The Labute approximate surface area is 211 Å². The molecule has 2 heterocycles. The van der Waals surface area contributed by atoms with Gasteiger partial charge in [-0.15, -0.1) is 0 Å². The Morgan fingerprint density at radius 2 is 1.72 bits per heavy atom. The lowest BCUT2D eigenvalue weighted by atomic mass is 9.95. The Balaban J connectivity index is 1.76. The van der Waals surface area contributed by atoms with Gasteiger partial charge in [0.15, 0.2) is 16.6 Å². The number of carbonyl (C=O) groups excluding carboxylic acids is 2. The third-order valence-electron chi connectivity index (χ3n) is 6.31. The van der Waals surface area contributed by atoms with Crippen LogP contribution in [0, 0.1) is 20.8 Å². The lowest BCUT2D eigenvalue weighted by molar-refractivity contribution is -0.132. The first-order chi connectivity index (χ1) is 17.2. The first-order valence-electron chi connectivity index (χ1n) is 11.3. The Kier molecular flexibility index (Phi) is 5.76. The molecule has 0 bridgehead atoms. The van der Waals surface area contributed by atoms with E-state index in [1.807, 2.05) is 45.0 Å². The molecule has 0 radical (unpaired) electrons. The van der Waals surface area contributed by atoms with Crippen LogP contribution < -0.4 is 9.64 Å². The molecular weight excluding hydrogens is 476 g/mol. The molecule has 1 unspecified atom stereocenters. The number of amides is 1. The summed E-state index contributed by atoms with van der Waals surface area (Å²) in [5, 5.41) is 21.8. The number of anilines is 1. The van der Waals surface area contributed by atoms with Gasteiger partial charge in [-0.25, -0.2) is 4.98 Å². The molecule has 1 fully saturated rings. The quantitative estimate of drug-likeness (QED) is 0.216. The monoisotopic (exact) mass is 500 g/mol. The SMILES string of the molecule is COc1cc(C2/C(=C(\O)c3ccc(C)cc3)C(=O)C(=O)N2c2nc3c(C)cc(C)cc3s2)ccc1O. The number of aryl methyl sites for hydroxylation is 3. The Morgan fingerprint density at radius 3 is 2.42 bits per heavy atom. The summed E-state index contributed by atoms with van der Waals surface area (Å²) in [6, 6.07) is 14.7. The number of phenols is 1. The molecule has 1 aliphatic heterocycles. The second kappa shape index (κ2) is 8.80. The number of phenolic OH excluding ortho intramolecular Hbond substituents is 1. The van der Waals surface area contributed by atoms with E-state index >= 15 is 0 Å². The number of aliphatic hydroxyl groups excluding tert-OH is 1. The molecule has 8 heteroatoms. The normalized spacial score (nSPS) is 17.2. The molecule has 3 aromatic carbocycles. The molecule has 0 saturated carbocycles. The van der Waals surface area contributed by atoms with Crippen molar-refractivity contribution in [2.45, 2.75) is 26.8 Å². The number of nitrogens with zero attached hydrogens (tertiary/aromatic N) is 2. The highest BCUT2D eigenvalue weighted by Gasteiger charge is 2.48. The van der Waals surface area contributed by atoms with E-state index in [0.717, 1.165) is 26.9 Å². The molecule has 36 heavy (non-hydrogen) atoms. The lowest BCUT2D eigenvalue weighted by Gasteiger charge is -2.23. The lowest BCUT2D eigenvalue weighted by Crippen LogP contribution is -2.29. The van der Waals surface area contributed by atoms with Crippen molar-refractivity contribution in [2.24, 2.45) is 0 Å². The maximum atomic E-state index is 13.5. The van der Waals surface area contributed by atoms with Crippen LogP contribution in [-0.2, 0) is 9.59 Å². The number of methoxy groups -OCH3 is 1. The zero-order chi connectivity index (χ0) is 25.7. The van der Waals surface area contributed by atoms with Gasteiger partial charge in [-0.2, -0.15) is 0 Å². The Morgan fingerprint density at radius 1 is 1.00 bits per heavy atom. The van der Waals surface area contributed by atoms with E-state index < -0.39 is 17.7 Å². The van der Waals surface area contributed by atoms with Gasteiger partial charge in [0.2, 0.25) is 0 Å². The summed E-state index contributed by atoms with van der Waals surface area (Å²) in [4.78, 5) is 32.9. The number of hydrogen-bond donors (Lipinski definition) is 2. The molecule has 1 amide bonds. The van der Waals surface area contributed by atoms with E-state index in [-0.39, 0.29) is 22.8 Å². The minimum absolute atomic E-state index is 0.0521. The van der Waals surface area contributed by atoms with Gasteiger partial charge in [-0.3, -0.25) is 14.5 Å². The number of aliphatic hydroxyl groups is 1. The number of ether oxygens (including phenoxy) is 1. The average Bonchev–Trinajstić information content (AvgIpc) is 3.38. The van der Waals surface area contributed by atoms with Crippen LogP contribution in [0.1, 0.15) is 33.9 Å². The summed E-state index contributed by atoms with van der Waals surface area (Å²) < 4.78 is 6.17. The van der Waals surface area contributed by atoms with Crippen LogP contribution >= 0.6 is 11.3 Å². The van der Waals surface area contributed by atoms with Crippen molar-refractivity contribution in [1.29, 1.82) is 0 Å². The van der Waals surface area contributed by atoms with Crippen molar-refractivity contribution < 1.29 is 24.5 Å². The highest BCUT2D eigenvalue weighted by atomic mass is 32.1. The number of carbonyl (C=O) groups is 2. The van der Waals surface area contributed by atoms with E-state index in [4.69, 9.17) is 9.72 Å². The predicted molar refractivity (Wildman–Crippen MR) is 140 cm³/mol. The smallest absolute Gasteiger partial charge is 0.301 e. The summed E-state index contributed by atoms with van der Waals surface area (Å²) in [5.74, 6) is -1.76. The van der Waals surface area contributed by atoms with Crippen LogP contribution in [0.25, 0.3) is 16.0 Å². The van der Waals surface area contributed by atoms with Crippen molar-refractivity contribution in [2.75, 3.05) is 12.0 Å². The number of aromatic hydroxyl groups is 1. The number of fused-ring (bicyclic) bond motifs is 1. The van der Waals surface area contributed by atoms with E-state index in [0.29, 0.717) is 16.3 Å². The maximum Gasteiger partial charge on any atom is 0.301 e. The van der Waals surface area contributed by atoms with Gasteiger partial charge in [-0.05, 0) is 55.7 Å². The van der Waals surface area contributed by atoms with Gasteiger partial charge < -0.3 is 14.9 Å². The molecule has 0 spiro atoms. The first-order valence-corrected chi connectivity index (χ1v) is 12.1. The molecule has 0 aliphatic carbocycles. The van der Waals surface area contributed by atoms with E-state index in [2.05, 4.69) is 0 Å². The molecule has 1 atom stereocenters. The van der Waals surface area contributed by atoms with E-state index in [1.165, 1.54) is 29.4 Å². The third-order valence-corrected chi connectivity index (χ3v) is 7.32. The fourth-order valence-corrected chi connectivity index (χ4v) is 5.71. The number of ketones is 1. The number of thiazole rings is 1. The summed E-state index contributed by atoms with van der Waals surface area (Å²) in [6.07, 6.45) is 0. The van der Waals surface area contributed by atoms with Gasteiger partial charge in [0.1, 0.15) is 5.76 Å². The largest absolute Gasteiger partial charge is 0.507 e. The van der Waals surface area contributed by atoms with Crippen molar-refractivity contribution in [3.63, 3.8) is 0 Å². The number of Topliss-reactive ketones (excluding diaryl/α,β-unsaturated/α-hetero) is 1. The highest BCUT2D eigenvalue weighted by molar-refractivity contribution is 7.22. The second-order valence-corrected chi connectivity index (χ2v) is 9.90. The molecule has 1 aromatic heterocycles. The maximum absolute atomic E-state index is 13.5. The van der Waals surface area contributed by atoms with Gasteiger partial charge in [0.05, 0.1) is 28.9 Å². The molecular formula is C28H24N2O5S. The number of aromatic nitrogens is 1. The zero-order valence-corrected chi connectivity index (χ0v) is 21.0. The molecule has 2 N–H and O–H groups in total. The van der Waals surface area contributed by atoms with Gasteiger partial charge in [0, 0.05) is 5.56 Å². The fourth-order valence-electron chi connectivity index (χ4n) is 4.54. The van der Waals surface area contributed by atoms with Gasteiger partial charge >= 0.3 is 5.91 Å². The number of hydrogen-bond acceptors (Lipinski definition) is 7. The fraction of sp³-hybridized carbons (Fsp3) is 0.179. The molecule has 182 valence electrons. The molecule has 1 saturated heterocycles.